The zero-order valence-corrected chi connectivity index (χ0v) is 13.4. The molecule has 0 aliphatic heterocycles. The van der Waals surface area contributed by atoms with Crippen LogP contribution in [0.1, 0.15) is 33.2 Å². The maximum atomic E-state index is 12.6. The molecule has 1 atom stereocenters. The first-order valence-electron chi connectivity index (χ1n) is 7.73. The van der Waals surface area contributed by atoms with Gasteiger partial charge >= 0.3 is 0 Å². The van der Waals surface area contributed by atoms with Crippen LogP contribution in [-0.4, -0.2) is 26.6 Å². The number of furan rings is 1. The minimum absolute atomic E-state index is 0.208. The van der Waals surface area contributed by atoms with Crippen LogP contribution in [0, 0.1) is 5.92 Å². The van der Waals surface area contributed by atoms with Crippen molar-refractivity contribution in [3.63, 3.8) is 0 Å². The summed E-state index contributed by atoms with van der Waals surface area (Å²) in [6.07, 6.45) is 3.99. The highest BCUT2D eigenvalue weighted by Gasteiger charge is 2.19. The average Bonchev–Trinajstić information content (AvgIpc) is 3.08. The maximum absolute atomic E-state index is 12.6. The number of amides is 1. The van der Waals surface area contributed by atoms with Gasteiger partial charge in [-0.05, 0) is 19.3 Å². The van der Waals surface area contributed by atoms with Gasteiger partial charge < -0.3 is 9.73 Å². The molecule has 3 heterocycles. The van der Waals surface area contributed by atoms with Gasteiger partial charge in [0.25, 0.3) is 5.56 Å². The summed E-state index contributed by atoms with van der Waals surface area (Å²) in [5.41, 5.74) is 1.53. The average molecular weight is 316 g/mol. The third-order valence-corrected chi connectivity index (χ3v) is 3.95. The van der Waals surface area contributed by atoms with Crippen molar-refractivity contribution in [2.75, 3.05) is 6.54 Å². The molecule has 23 heavy (non-hydrogen) atoms. The van der Waals surface area contributed by atoms with E-state index in [2.05, 4.69) is 24.3 Å². The van der Waals surface area contributed by atoms with Crippen LogP contribution >= 0.6 is 0 Å². The highest BCUT2D eigenvalue weighted by atomic mass is 16.3. The quantitative estimate of drug-likeness (QED) is 0.780. The Hall–Kier alpha value is -2.57. The van der Waals surface area contributed by atoms with Gasteiger partial charge in [-0.1, -0.05) is 13.8 Å². The van der Waals surface area contributed by atoms with Crippen molar-refractivity contribution in [1.29, 1.82) is 0 Å². The Balaban J connectivity index is 1.88. The number of hydrogen-bond donors (Lipinski definition) is 1. The Morgan fingerprint density at radius 1 is 1.35 bits per heavy atom. The molecule has 0 saturated carbocycles. The number of aromatic nitrogens is 3. The summed E-state index contributed by atoms with van der Waals surface area (Å²) in [6.45, 7) is 6.45. The Labute approximate surface area is 132 Å². The molecule has 3 aromatic heterocycles. The first-order chi connectivity index (χ1) is 11.0. The predicted octanol–water partition coefficient (Wildman–Crippen LogP) is 1.97. The summed E-state index contributed by atoms with van der Waals surface area (Å²) < 4.78 is 8.18. The molecule has 0 aliphatic carbocycles. The molecular weight excluding hydrogens is 296 g/mol. The Bertz CT molecular complexity index is 903. The van der Waals surface area contributed by atoms with Gasteiger partial charge in [0.2, 0.25) is 5.91 Å². The molecule has 0 unspecified atom stereocenters. The molecular formula is C16H20N4O3. The monoisotopic (exact) mass is 316 g/mol. The van der Waals surface area contributed by atoms with Crippen LogP contribution in [0.15, 0.2) is 33.9 Å². The standard InChI is InChI=1S/C16H20N4O3/c1-10(2)4-6-17-15(21)11(3)20-16(22)13-8-14-12(5-7-23-14)19(13)9-18-20/h5,7-11H,4,6H2,1-3H3,(H,17,21)/t11-/m0/s1. The number of nitrogens with zero attached hydrogens (tertiary/aromatic N) is 3. The number of carbonyl (C=O) groups is 1. The van der Waals surface area contributed by atoms with Crippen molar-refractivity contribution in [2.24, 2.45) is 5.92 Å². The van der Waals surface area contributed by atoms with Gasteiger partial charge in [0.15, 0.2) is 5.58 Å². The van der Waals surface area contributed by atoms with E-state index in [1.54, 1.807) is 29.7 Å². The highest BCUT2D eigenvalue weighted by Crippen LogP contribution is 2.18. The Morgan fingerprint density at radius 2 is 2.13 bits per heavy atom. The molecule has 1 amide bonds. The minimum atomic E-state index is -0.666. The fraction of sp³-hybridized carbons (Fsp3) is 0.438. The second-order valence-corrected chi connectivity index (χ2v) is 6.10. The lowest BCUT2D eigenvalue weighted by atomic mass is 10.1. The van der Waals surface area contributed by atoms with Gasteiger partial charge in [-0.3, -0.25) is 14.0 Å². The summed E-state index contributed by atoms with van der Waals surface area (Å²) in [5, 5.41) is 6.98. The van der Waals surface area contributed by atoms with E-state index >= 15 is 0 Å². The van der Waals surface area contributed by atoms with E-state index in [1.165, 1.54) is 11.0 Å². The summed E-state index contributed by atoms with van der Waals surface area (Å²) >= 11 is 0. The number of carbonyl (C=O) groups excluding carboxylic acids is 1. The number of fused-ring (bicyclic) bond motifs is 3. The molecule has 0 saturated heterocycles. The zero-order chi connectivity index (χ0) is 16.6. The van der Waals surface area contributed by atoms with Crippen LogP contribution in [0.5, 0.6) is 0 Å². The number of nitrogens with one attached hydrogen (secondary N) is 1. The largest absolute Gasteiger partial charge is 0.463 e. The Morgan fingerprint density at radius 3 is 2.87 bits per heavy atom. The van der Waals surface area contributed by atoms with Crippen LogP contribution in [0.25, 0.3) is 16.6 Å². The summed E-state index contributed by atoms with van der Waals surface area (Å²) in [6, 6.07) is 2.77. The highest BCUT2D eigenvalue weighted by molar-refractivity contribution is 5.82. The lowest BCUT2D eigenvalue weighted by Crippen LogP contribution is -2.38. The molecule has 0 bridgehead atoms. The zero-order valence-electron chi connectivity index (χ0n) is 13.4. The van der Waals surface area contributed by atoms with Crippen molar-refractivity contribution < 1.29 is 9.21 Å². The molecule has 0 aliphatic rings. The van der Waals surface area contributed by atoms with Crippen molar-refractivity contribution in [1.82, 2.24) is 19.5 Å². The maximum Gasteiger partial charge on any atom is 0.291 e. The van der Waals surface area contributed by atoms with Gasteiger partial charge in [-0.2, -0.15) is 5.10 Å². The fourth-order valence-corrected chi connectivity index (χ4v) is 2.53. The van der Waals surface area contributed by atoms with Gasteiger partial charge in [0.1, 0.15) is 17.9 Å². The third-order valence-electron chi connectivity index (χ3n) is 3.95. The van der Waals surface area contributed by atoms with E-state index in [0.717, 1.165) is 11.9 Å². The molecule has 7 heteroatoms. The van der Waals surface area contributed by atoms with E-state index in [1.807, 2.05) is 0 Å². The molecule has 0 fully saturated rings. The number of hydrogen-bond acceptors (Lipinski definition) is 4. The first kappa shape index (κ1) is 15.3. The number of rotatable bonds is 5. The van der Waals surface area contributed by atoms with Gasteiger partial charge in [0.05, 0.1) is 11.8 Å². The van der Waals surface area contributed by atoms with Crippen molar-refractivity contribution in [3.8, 4) is 0 Å². The summed E-state index contributed by atoms with van der Waals surface area (Å²) in [5.74, 6) is 0.304. The third kappa shape index (κ3) is 2.74. The van der Waals surface area contributed by atoms with Crippen LogP contribution in [0.2, 0.25) is 0 Å². The topological polar surface area (TPSA) is 81.5 Å². The van der Waals surface area contributed by atoms with E-state index in [4.69, 9.17) is 4.42 Å². The predicted molar refractivity (Wildman–Crippen MR) is 86.4 cm³/mol. The van der Waals surface area contributed by atoms with Gasteiger partial charge in [0, 0.05) is 18.7 Å². The van der Waals surface area contributed by atoms with E-state index in [0.29, 0.717) is 23.6 Å². The lowest BCUT2D eigenvalue weighted by molar-refractivity contribution is -0.124. The SMILES string of the molecule is CC(C)CCNC(=O)[C@H](C)n1ncn2c(cc3occc32)c1=O. The van der Waals surface area contributed by atoms with Crippen molar-refractivity contribution >= 4 is 22.5 Å². The van der Waals surface area contributed by atoms with E-state index < -0.39 is 6.04 Å². The smallest absolute Gasteiger partial charge is 0.291 e. The fourth-order valence-electron chi connectivity index (χ4n) is 2.53. The van der Waals surface area contributed by atoms with Crippen LogP contribution in [0.4, 0.5) is 0 Å². The van der Waals surface area contributed by atoms with Crippen molar-refractivity contribution in [2.45, 2.75) is 33.2 Å². The van der Waals surface area contributed by atoms with Crippen LogP contribution in [-0.2, 0) is 4.79 Å². The molecule has 3 aromatic rings. The van der Waals surface area contributed by atoms with E-state index in [9.17, 15) is 9.59 Å². The van der Waals surface area contributed by atoms with Crippen molar-refractivity contribution in [3.05, 3.63) is 35.1 Å². The normalized spacial score (nSPS) is 13.0. The minimum Gasteiger partial charge on any atom is -0.463 e. The first-order valence-corrected chi connectivity index (χ1v) is 7.73. The van der Waals surface area contributed by atoms with Gasteiger partial charge in [-0.15, -0.1) is 0 Å². The summed E-state index contributed by atoms with van der Waals surface area (Å²) in [7, 11) is 0. The molecule has 7 nitrogen and oxygen atoms in total. The summed E-state index contributed by atoms with van der Waals surface area (Å²) in [4.78, 5) is 24.8. The van der Waals surface area contributed by atoms with E-state index in [-0.39, 0.29) is 11.5 Å². The van der Waals surface area contributed by atoms with Gasteiger partial charge in [-0.25, -0.2) is 4.68 Å². The molecule has 0 radical (unpaired) electrons. The molecule has 0 spiro atoms. The second-order valence-electron chi connectivity index (χ2n) is 6.10. The molecule has 122 valence electrons. The van der Waals surface area contributed by atoms with Crippen LogP contribution in [0.3, 0.4) is 0 Å². The molecule has 0 aromatic carbocycles. The van der Waals surface area contributed by atoms with Crippen LogP contribution < -0.4 is 10.9 Å². The second kappa shape index (κ2) is 5.91. The molecule has 1 N–H and O–H groups in total. The Kier molecular flexibility index (Phi) is 3.94. The molecule has 3 rings (SSSR count). The lowest BCUT2D eigenvalue weighted by Gasteiger charge is -2.14.